The first-order chi connectivity index (χ1) is 7.12. The number of nitrogens with zero attached hydrogens (tertiary/aromatic N) is 2. The maximum atomic E-state index is 11.3. The topological polar surface area (TPSA) is 66.8 Å². The molecule has 1 atom stereocenters. The fourth-order valence-electron chi connectivity index (χ4n) is 2.09. The van der Waals surface area contributed by atoms with Gasteiger partial charge in [-0.2, -0.15) is 0 Å². The average Bonchev–Trinajstić information content (AvgIpc) is 2.77. The Kier molecular flexibility index (Phi) is 2.77. The van der Waals surface area contributed by atoms with E-state index in [1.165, 1.54) is 4.90 Å². The smallest absolute Gasteiger partial charge is 0.215 e. The van der Waals surface area contributed by atoms with Crippen LogP contribution in [0, 0.1) is 0 Å². The second kappa shape index (κ2) is 3.92. The van der Waals surface area contributed by atoms with Crippen molar-refractivity contribution in [2.24, 2.45) is 4.99 Å². The standard InChI is InChI=1S/C9H14N2O3S/c12-7-11(9-2-1-4-10-9)8-3-5-15(13,14)6-8/h7-8H,1-6H2. The van der Waals surface area contributed by atoms with Gasteiger partial charge in [0.2, 0.25) is 6.41 Å². The Labute approximate surface area is 89.1 Å². The summed E-state index contributed by atoms with van der Waals surface area (Å²) in [7, 11) is -2.94. The van der Waals surface area contributed by atoms with Gasteiger partial charge in [0.05, 0.1) is 17.5 Å². The van der Waals surface area contributed by atoms with Crippen LogP contribution in [0.3, 0.4) is 0 Å². The van der Waals surface area contributed by atoms with Crippen LogP contribution in [0.15, 0.2) is 4.99 Å². The highest BCUT2D eigenvalue weighted by molar-refractivity contribution is 7.91. The Balaban J connectivity index is 2.11. The van der Waals surface area contributed by atoms with Crippen LogP contribution < -0.4 is 0 Å². The maximum absolute atomic E-state index is 11.3. The number of rotatable bonds is 2. The van der Waals surface area contributed by atoms with Gasteiger partial charge < -0.3 is 0 Å². The second-order valence-electron chi connectivity index (χ2n) is 3.97. The van der Waals surface area contributed by atoms with Crippen molar-refractivity contribution in [3.05, 3.63) is 0 Å². The van der Waals surface area contributed by atoms with E-state index in [9.17, 15) is 13.2 Å². The molecule has 5 nitrogen and oxygen atoms in total. The number of hydrogen-bond donors (Lipinski definition) is 0. The zero-order valence-electron chi connectivity index (χ0n) is 8.42. The summed E-state index contributed by atoms with van der Waals surface area (Å²) in [6, 6.07) is -0.190. The Hall–Kier alpha value is -0.910. The van der Waals surface area contributed by atoms with Crippen LogP contribution in [0.1, 0.15) is 19.3 Å². The molecule has 0 saturated carbocycles. The minimum atomic E-state index is -2.94. The average molecular weight is 230 g/mol. The normalized spacial score (nSPS) is 28.8. The Morgan fingerprint density at radius 1 is 1.47 bits per heavy atom. The van der Waals surface area contributed by atoms with Gasteiger partial charge in [0.25, 0.3) is 0 Å². The summed E-state index contributed by atoms with van der Waals surface area (Å²) in [6.45, 7) is 0.749. The quantitative estimate of drug-likeness (QED) is 0.618. The van der Waals surface area contributed by atoms with Crippen molar-refractivity contribution in [3.63, 3.8) is 0 Å². The van der Waals surface area contributed by atoms with E-state index in [1.807, 2.05) is 0 Å². The molecule has 0 radical (unpaired) electrons. The monoisotopic (exact) mass is 230 g/mol. The molecule has 6 heteroatoms. The maximum Gasteiger partial charge on any atom is 0.215 e. The van der Waals surface area contributed by atoms with Gasteiger partial charge in [-0.1, -0.05) is 0 Å². The van der Waals surface area contributed by atoms with Gasteiger partial charge in [-0.25, -0.2) is 8.42 Å². The Bertz CT molecular complexity index is 388. The highest BCUT2D eigenvalue weighted by atomic mass is 32.2. The third-order valence-electron chi connectivity index (χ3n) is 2.87. The molecule has 84 valence electrons. The SMILES string of the molecule is O=CN(C1=NCCC1)C1CCS(=O)(=O)C1. The van der Waals surface area contributed by atoms with Crippen molar-refractivity contribution in [2.45, 2.75) is 25.3 Å². The van der Waals surface area contributed by atoms with Crippen LogP contribution in [0.4, 0.5) is 0 Å². The number of carbonyl (C=O) groups is 1. The lowest BCUT2D eigenvalue weighted by molar-refractivity contribution is -0.116. The van der Waals surface area contributed by atoms with Crippen molar-refractivity contribution in [3.8, 4) is 0 Å². The third kappa shape index (κ3) is 2.19. The number of amidine groups is 1. The fourth-order valence-corrected chi connectivity index (χ4v) is 3.80. The molecule has 0 aromatic rings. The number of aliphatic imine (C=N–C) groups is 1. The van der Waals surface area contributed by atoms with E-state index < -0.39 is 9.84 Å². The lowest BCUT2D eigenvalue weighted by Gasteiger charge is -2.23. The molecule has 0 N–H and O–H groups in total. The molecule has 0 aliphatic carbocycles. The van der Waals surface area contributed by atoms with E-state index in [-0.39, 0.29) is 17.5 Å². The molecule has 2 aliphatic rings. The summed E-state index contributed by atoms with van der Waals surface area (Å²) in [4.78, 5) is 16.7. The summed E-state index contributed by atoms with van der Waals surface area (Å²) in [5.41, 5.74) is 0. The predicted octanol–water partition coefficient (Wildman–Crippen LogP) is -0.176. The van der Waals surface area contributed by atoms with E-state index in [1.54, 1.807) is 0 Å². The molecule has 1 amide bonds. The van der Waals surface area contributed by atoms with Gasteiger partial charge >= 0.3 is 0 Å². The first kappa shape index (κ1) is 10.6. The van der Waals surface area contributed by atoms with Crippen LogP contribution in [0.5, 0.6) is 0 Å². The van der Waals surface area contributed by atoms with Gasteiger partial charge in [-0.05, 0) is 12.8 Å². The van der Waals surface area contributed by atoms with Crippen LogP contribution >= 0.6 is 0 Å². The number of hydrogen-bond acceptors (Lipinski definition) is 4. The van der Waals surface area contributed by atoms with E-state index in [0.717, 1.165) is 31.6 Å². The van der Waals surface area contributed by atoms with Gasteiger partial charge in [0, 0.05) is 13.0 Å². The fraction of sp³-hybridized carbons (Fsp3) is 0.778. The largest absolute Gasteiger partial charge is 0.299 e. The van der Waals surface area contributed by atoms with E-state index in [2.05, 4.69) is 4.99 Å². The number of amides is 1. The molecular weight excluding hydrogens is 216 g/mol. The summed E-state index contributed by atoms with van der Waals surface area (Å²) in [5, 5.41) is 0. The van der Waals surface area contributed by atoms with E-state index in [0.29, 0.717) is 6.42 Å². The van der Waals surface area contributed by atoms with Crippen molar-refractivity contribution in [1.29, 1.82) is 0 Å². The van der Waals surface area contributed by atoms with E-state index >= 15 is 0 Å². The molecule has 0 bridgehead atoms. The first-order valence-electron chi connectivity index (χ1n) is 5.10. The van der Waals surface area contributed by atoms with Crippen molar-refractivity contribution < 1.29 is 13.2 Å². The molecule has 0 spiro atoms. The first-order valence-corrected chi connectivity index (χ1v) is 6.92. The summed E-state index contributed by atoms with van der Waals surface area (Å²) >= 11 is 0. The van der Waals surface area contributed by atoms with Gasteiger partial charge in [0.1, 0.15) is 5.84 Å². The highest BCUT2D eigenvalue weighted by Crippen LogP contribution is 2.19. The van der Waals surface area contributed by atoms with Crippen molar-refractivity contribution in [1.82, 2.24) is 4.90 Å². The number of carbonyl (C=O) groups excluding carboxylic acids is 1. The Morgan fingerprint density at radius 3 is 2.73 bits per heavy atom. The second-order valence-corrected chi connectivity index (χ2v) is 6.20. The van der Waals surface area contributed by atoms with Gasteiger partial charge in [-0.15, -0.1) is 0 Å². The summed E-state index contributed by atoms with van der Waals surface area (Å²) in [6.07, 6.45) is 3.00. The molecule has 2 heterocycles. The lowest BCUT2D eigenvalue weighted by Crippen LogP contribution is -2.39. The third-order valence-corrected chi connectivity index (χ3v) is 4.62. The van der Waals surface area contributed by atoms with Crippen molar-refractivity contribution in [2.75, 3.05) is 18.1 Å². The van der Waals surface area contributed by atoms with Crippen molar-refractivity contribution >= 4 is 22.1 Å². The molecule has 1 unspecified atom stereocenters. The predicted molar refractivity (Wildman–Crippen MR) is 56.5 cm³/mol. The highest BCUT2D eigenvalue weighted by Gasteiger charge is 2.34. The zero-order valence-corrected chi connectivity index (χ0v) is 9.24. The number of sulfone groups is 1. The molecular formula is C9H14N2O3S. The van der Waals surface area contributed by atoms with Gasteiger partial charge in [0.15, 0.2) is 9.84 Å². The van der Waals surface area contributed by atoms with E-state index in [4.69, 9.17) is 0 Å². The van der Waals surface area contributed by atoms with Crippen LogP contribution in [-0.2, 0) is 14.6 Å². The minimum absolute atomic E-state index is 0.0881. The summed E-state index contributed by atoms with van der Waals surface area (Å²) < 4.78 is 22.6. The molecule has 15 heavy (non-hydrogen) atoms. The summed E-state index contributed by atoms with van der Waals surface area (Å²) in [5.74, 6) is 1.03. The molecule has 2 rings (SSSR count). The molecule has 1 saturated heterocycles. The Morgan fingerprint density at radius 2 is 2.27 bits per heavy atom. The van der Waals surface area contributed by atoms with Crippen LogP contribution in [0.2, 0.25) is 0 Å². The molecule has 0 aromatic heterocycles. The molecule has 0 aromatic carbocycles. The zero-order chi connectivity index (χ0) is 10.9. The van der Waals surface area contributed by atoms with Gasteiger partial charge in [-0.3, -0.25) is 14.7 Å². The molecule has 1 fully saturated rings. The van der Waals surface area contributed by atoms with Crippen LogP contribution in [0.25, 0.3) is 0 Å². The van der Waals surface area contributed by atoms with Crippen LogP contribution in [-0.4, -0.2) is 49.7 Å². The lowest BCUT2D eigenvalue weighted by atomic mass is 10.2. The minimum Gasteiger partial charge on any atom is -0.299 e. The molecule has 2 aliphatic heterocycles.